The van der Waals surface area contributed by atoms with Crippen LogP contribution in [0, 0.1) is 11.7 Å². The van der Waals surface area contributed by atoms with Crippen LogP contribution in [0.1, 0.15) is 19.3 Å². The zero-order chi connectivity index (χ0) is 20.9. The molecule has 0 spiro atoms. The van der Waals surface area contributed by atoms with Gasteiger partial charge in [0.15, 0.2) is 5.71 Å². The lowest BCUT2D eigenvalue weighted by atomic mass is 9.85. The van der Waals surface area contributed by atoms with Crippen LogP contribution >= 0.6 is 11.6 Å². The first-order chi connectivity index (χ1) is 13.1. The number of anilines is 1. The lowest BCUT2D eigenvalue weighted by molar-refractivity contribution is -0.118. The van der Waals surface area contributed by atoms with Gasteiger partial charge in [-0.15, -0.1) is 0 Å². The zero-order valence-corrected chi connectivity index (χ0v) is 15.5. The molecule has 5 nitrogen and oxygen atoms in total. The number of nitrogens with zero attached hydrogens (tertiary/aromatic N) is 1. The number of benzene rings is 1. The summed E-state index contributed by atoms with van der Waals surface area (Å²) in [5.74, 6) is -2.07. The second kappa shape index (κ2) is 9.09. The maximum Gasteiger partial charge on any atom is 0.434 e. The molecule has 1 fully saturated rings. The standard InChI is InChI=1S/C18H19ClF4N4O/c1-10(26-15-6-5-12(19)7-14(15)20)27-16(18(21,22)23)13(8-24)17(28)25-9-11-3-2-4-11/h5-8,11,26H,1-4,9,24H2,(H,25,28)/b13-8+,27-16?. The Morgan fingerprint density at radius 2 is 2.07 bits per heavy atom. The largest absolute Gasteiger partial charge is 0.434 e. The van der Waals surface area contributed by atoms with Crippen LogP contribution in [0.15, 0.2) is 47.4 Å². The molecule has 1 aliphatic carbocycles. The fourth-order valence-electron chi connectivity index (χ4n) is 2.48. The van der Waals surface area contributed by atoms with Crippen LogP contribution in [-0.2, 0) is 4.79 Å². The molecule has 1 aromatic carbocycles. The second-order valence-corrected chi connectivity index (χ2v) is 6.68. The van der Waals surface area contributed by atoms with Gasteiger partial charge < -0.3 is 16.4 Å². The van der Waals surface area contributed by atoms with Gasteiger partial charge in [-0.25, -0.2) is 9.38 Å². The van der Waals surface area contributed by atoms with Crippen LogP contribution in [0.3, 0.4) is 0 Å². The molecular weight excluding hydrogens is 400 g/mol. The van der Waals surface area contributed by atoms with Crippen LogP contribution in [-0.4, -0.2) is 24.3 Å². The number of rotatable bonds is 7. The highest BCUT2D eigenvalue weighted by Gasteiger charge is 2.40. The predicted molar refractivity (Wildman–Crippen MR) is 100 cm³/mol. The molecule has 1 aromatic rings. The number of alkyl halides is 3. The minimum absolute atomic E-state index is 0.115. The molecule has 2 rings (SSSR count). The Bertz CT molecular complexity index is 816. The van der Waals surface area contributed by atoms with Crippen molar-refractivity contribution in [3.8, 4) is 0 Å². The Morgan fingerprint density at radius 1 is 1.39 bits per heavy atom. The molecule has 1 aliphatic rings. The van der Waals surface area contributed by atoms with Crippen molar-refractivity contribution in [2.75, 3.05) is 11.9 Å². The number of halogens is 5. The Hall–Kier alpha value is -2.55. The van der Waals surface area contributed by atoms with E-state index in [-0.39, 0.29) is 23.2 Å². The molecule has 0 heterocycles. The number of aliphatic imine (C=N–C) groups is 1. The molecule has 0 aliphatic heterocycles. The monoisotopic (exact) mass is 418 g/mol. The molecule has 0 aromatic heterocycles. The molecular formula is C18H19ClF4N4O. The third-order valence-electron chi connectivity index (χ3n) is 4.17. The summed E-state index contributed by atoms with van der Waals surface area (Å²) < 4.78 is 54.2. The van der Waals surface area contributed by atoms with Crippen LogP contribution in [0.4, 0.5) is 23.2 Å². The molecule has 1 saturated carbocycles. The van der Waals surface area contributed by atoms with Crippen molar-refractivity contribution >= 4 is 28.9 Å². The lowest BCUT2D eigenvalue weighted by Crippen LogP contribution is -2.38. The van der Waals surface area contributed by atoms with E-state index in [0.29, 0.717) is 6.20 Å². The van der Waals surface area contributed by atoms with Gasteiger partial charge in [0.05, 0.1) is 11.3 Å². The number of nitrogens with one attached hydrogen (secondary N) is 2. The van der Waals surface area contributed by atoms with E-state index in [0.717, 1.165) is 25.3 Å². The molecule has 4 N–H and O–H groups in total. The third-order valence-corrected chi connectivity index (χ3v) is 4.40. The highest BCUT2D eigenvalue weighted by molar-refractivity contribution is 6.30. The number of carbonyl (C=O) groups is 1. The summed E-state index contributed by atoms with van der Waals surface area (Å²) in [6, 6.07) is 3.54. The van der Waals surface area contributed by atoms with Crippen LogP contribution in [0.25, 0.3) is 0 Å². The van der Waals surface area contributed by atoms with E-state index in [4.69, 9.17) is 17.3 Å². The van der Waals surface area contributed by atoms with Crippen LogP contribution in [0.5, 0.6) is 0 Å². The number of carbonyl (C=O) groups excluding carboxylic acids is 1. The fourth-order valence-corrected chi connectivity index (χ4v) is 2.64. The van der Waals surface area contributed by atoms with Crippen molar-refractivity contribution in [1.29, 1.82) is 0 Å². The van der Waals surface area contributed by atoms with E-state index in [1.807, 2.05) is 0 Å². The summed E-state index contributed by atoms with van der Waals surface area (Å²) in [5.41, 5.74) is 2.72. The van der Waals surface area contributed by atoms with Crippen molar-refractivity contribution in [3.63, 3.8) is 0 Å². The first-order valence-corrected chi connectivity index (χ1v) is 8.77. The van der Waals surface area contributed by atoms with Gasteiger partial charge >= 0.3 is 6.18 Å². The molecule has 0 radical (unpaired) electrons. The van der Waals surface area contributed by atoms with Gasteiger partial charge in [-0.05, 0) is 37.0 Å². The highest BCUT2D eigenvalue weighted by Crippen LogP contribution is 2.27. The Morgan fingerprint density at radius 3 is 2.57 bits per heavy atom. The molecule has 28 heavy (non-hydrogen) atoms. The maximum absolute atomic E-state index is 13.8. The van der Waals surface area contributed by atoms with Crippen molar-refractivity contribution in [1.82, 2.24) is 5.32 Å². The molecule has 0 saturated heterocycles. The molecule has 0 atom stereocenters. The lowest BCUT2D eigenvalue weighted by Gasteiger charge is -2.25. The van der Waals surface area contributed by atoms with E-state index in [9.17, 15) is 22.4 Å². The highest BCUT2D eigenvalue weighted by atomic mass is 35.5. The first-order valence-electron chi connectivity index (χ1n) is 8.39. The van der Waals surface area contributed by atoms with Gasteiger partial charge in [-0.2, -0.15) is 13.2 Å². The van der Waals surface area contributed by atoms with Gasteiger partial charge in [0.1, 0.15) is 11.6 Å². The summed E-state index contributed by atoms with van der Waals surface area (Å²) in [4.78, 5) is 15.5. The normalized spacial score (nSPS) is 15.8. The minimum Gasteiger partial charge on any atom is -0.404 e. The Kier molecular flexibility index (Phi) is 7.06. The topological polar surface area (TPSA) is 79.5 Å². The van der Waals surface area contributed by atoms with Crippen molar-refractivity contribution in [3.05, 3.63) is 53.2 Å². The molecule has 0 bridgehead atoms. The van der Waals surface area contributed by atoms with E-state index in [2.05, 4.69) is 22.2 Å². The summed E-state index contributed by atoms with van der Waals surface area (Å²) >= 11 is 5.63. The van der Waals surface area contributed by atoms with E-state index in [1.165, 1.54) is 12.1 Å². The minimum atomic E-state index is -4.98. The van der Waals surface area contributed by atoms with Gasteiger partial charge in [-0.1, -0.05) is 24.6 Å². The average molecular weight is 419 g/mol. The van der Waals surface area contributed by atoms with Gasteiger partial charge in [-0.3, -0.25) is 4.79 Å². The number of hydrogen-bond donors (Lipinski definition) is 3. The first kappa shape index (κ1) is 21.7. The molecule has 1 amide bonds. The van der Waals surface area contributed by atoms with Gasteiger partial charge in [0.25, 0.3) is 5.91 Å². The quantitative estimate of drug-likeness (QED) is 0.354. The molecule has 0 unspecified atom stereocenters. The average Bonchev–Trinajstić information content (AvgIpc) is 2.55. The smallest absolute Gasteiger partial charge is 0.404 e. The van der Waals surface area contributed by atoms with Crippen LogP contribution < -0.4 is 16.4 Å². The zero-order valence-electron chi connectivity index (χ0n) is 14.7. The number of amides is 1. The van der Waals surface area contributed by atoms with Crippen molar-refractivity contribution < 1.29 is 22.4 Å². The number of hydrogen-bond acceptors (Lipinski definition) is 4. The molecule has 152 valence electrons. The number of nitrogens with two attached hydrogens (primary N) is 1. The predicted octanol–water partition coefficient (Wildman–Crippen LogP) is 4.12. The van der Waals surface area contributed by atoms with Crippen molar-refractivity contribution in [2.24, 2.45) is 16.6 Å². The van der Waals surface area contributed by atoms with Gasteiger partial charge in [0, 0.05) is 17.8 Å². The third kappa shape index (κ3) is 5.72. The summed E-state index contributed by atoms with van der Waals surface area (Å²) in [5, 5.41) is 4.86. The summed E-state index contributed by atoms with van der Waals surface area (Å²) in [6.07, 6.45) is -1.59. The SMILES string of the molecule is C=C(N=C(/C(=C\N)C(=O)NCC1CCC1)C(F)(F)F)Nc1ccc(Cl)cc1F. The second-order valence-electron chi connectivity index (χ2n) is 6.24. The van der Waals surface area contributed by atoms with E-state index < -0.39 is 35.0 Å². The van der Waals surface area contributed by atoms with E-state index >= 15 is 0 Å². The summed E-state index contributed by atoms with van der Waals surface area (Å²) in [7, 11) is 0. The van der Waals surface area contributed by atoms with Crippen LogP contribution in [0.2, 0.25) is 5.02 Å². The van der Waals surface area contributed by atoms with Gasteiger partial charge in [0.2, 0.25) is 0 Å². The summed E-state index contributed by atoms with van der Waals surface area (Å²) in [6.45, 7) is 3.60. The van der Waals surface area contributed by atoms with E-state index in [1.54, 1.807) is 0 Å². The fraction of sp³-hybridized carbons (Fsp3) is 0.333. The Labute approximate surface area is 164 Å². The molecule has 10 heteroatoms. The maximum atomic E-state index is 13.8. The Balaban J connectivity index is 2.20. The van der Waals surface area contributed by atoms with Crippen molar-refractivity contribution in [2.45, 2.75) is 25.4 Å².